The van der Waals surface area contributed by atoms with Crippen molar-refractivity contribution in [2.45, 2.75) is 12.5 Å². The lowest BCUT2D eigenvalue weighted by Gasteiger charge is -2.32. The van der Waals surface area contributed by atoms with Crippen molar-refractivity contribution in [2.75, 3.05) is 26.8 Å². The Balaban J connectivity index is 2.04. The van der Waals surface area contributed by atoms with E-state index < -0.39 is 0 Å². The van der Waals surface area contributed by atoms with Gasteiger partial charge in [-0.2, -0.15) is 0 Å². The van der Waals surface area contributed by atoms with E-state index in [0.29, 0.717) is 30.3 Å². The van der Waals surface area contributed by atoms with Crippen LogP contribution in [0, 0.1) is 0 Å². The molecule has 5 nitrogen and oxygen atoms in total. The highest BCUT2D eigenvalue weighted by atomic mass is 79.9. The minimum Gasteiger partial charge on any atom is -0.469 e. The van der Waals surface area contributed by atoms with Gasteiger partial charge in [0.2, 0.25) is 0 Å². The normalized spacial score (nSPS) is 18.4. The molecule has 1 aliphatic rings. The number of methoxy groups -OCH3 is 1. The van der Waals surface area contributed by atoms with Gasteiger partial charge in [0.1, 0.15) is 0 Å². The summed E-state index contributed by atoms with van der Waals surface area (Å²) in [5, 5.41) is 0.486. The number of hydrogen-bond acceptors (Lipinski definition) is 4. The average molecular weight is 377 g/mol. The number of morpholine rings is 1. The molecule has 1 unspecified atom stereocenters. The molecule has 0 spiro atoms. The molecule has 2 rings (SSSR count). The maximum absolute atomic E-state index is 12.4. The third kappa shape index (κ3) is 4.18. The van der Waals surface area contributed by atoms with Gasteiger partial charge < -0.3 is 14.4 Å². The van der Waals surface area contributed by atoms with Gasteiger partial charge in [0.05, 0.1) is 31.3 Å². The van der Waals surface area contributed by atoms with Crippen molar-refractivity contribution < 1.29 is 19.1 Å². The zero-order valence-electron chi connectivity index (χ0n) is 11.5. The van der Waals surface area contributed by atoms with E-state index in [9.17, 15) is 9.59 Å². The van der Waals surface area contributed by atoms with Gasteiger partial charge in [0.25, 0.3) is 5.91 Å². The van der Waals surface area contributed by atoms with Crippen LogP contribution in [0.15, 0.2) is 22.7 Å². The fourth-order valence-corrected chi connectivity index (χ4v) is 2.54. The highest BCUT2D eigenvalue weighted by molar-refractivity contribution is 9.10. The molecule has 0 saturated carbocycles. The lowest BCUT2D eigenvalue weighted by molar-refractivity contribution is -0.145. The zero-order chi connectivity index (χ0) is 15.4. The van der Waals surface area contributed by atoms with Gasteiger partial charge >= 0.3 is 5.97 Å². The van der Waals surface area contributed by atoms with Crippen LogP contribution in [0.5, 0.6) is 0 Å². The summed E-state index contributed by atoms with van der Waals surface area (Å²) in [5.74, 6) is -0.469. The lowest BCUT2D eigenvalue weighted by Crippen LogP contribution is -2.46. The third-order valence-corrected chi connectivity index (χ3v) is 4.45. The summed E-state index contributed by atoms with van der Waals surface area (Å²) in [6.45, 7) is 1.25. The first-order valence-corrected chi connectivity index (χ1v) is 7.61. The van der Waals surface area contributed by atoms with Gasteiger partial charge in [-0.1, -0.05) is 11.6 Å². The van der Waals surface area contributed by atoms with E-state index >= 15 is 0 Å². The van der Waals surface area contributed by atoms with Crippen LogP contribution >= 0.6 is 27.5 Å². The molecule has 1 aromatic carbocycles. The first-order chi connectivity index (χ1) is 10.0. The molecule has 1 heterocycles. The molecule has 21 heavy (non-hydrogen) atoms. The average Bonchev–Trinajstić information content (AvgIpc) is 2.49. The number of ether oxygens (including phenoxy) is 2. The lowest BCUT2D eigenvalue weighted by atomic mass is 10.1. The number of esters is 1. The van der Waals surface area contributed by atoms with Crippen LogP contribution in [-0.2, 0) is 14.3 Å². The Kier molecular flexibility index (Phi) is 5.61. The van der Waals surface area contributed by atoms with E-state index in [1.807, 2.05) is 0 Å². The van der Waals surface area contributed by atoms with E-state index in [1.165, 1.54) is 7.11 Å². The SMILES string of the molecule is COC(=O)CC1CN(C(=O)c2ccc(Br)c(Cl)c2)CCO1. The molecule has 0 radical (unpaired) electrons. The monoisotopic (exact) mass is 375 g/mol. The Labute approximate surface area is 136 Å². The number of rotatable bonds is 3. The van der Waals surface area contributed by atoms with Crippen molar-refractivity contribution in [1.82, 2.24) is 4.90 Å². The molecule has 0 aliphatic carbocycles. The fraction of sp³-hybridized carbons (Fsp3) is 0.429. The second-order valence-corrected chi connectivity index (χ2v) is 5.91. The van der Waals surface area contributed by atoms with Crippen molar-refractivity contribution in [3.63, 3.8) is 0 Å². The quantitative estimate of drug-likeness (QED) is 0.761. The Morgan fingerprint density at radius 3 is 2.95 bits per heavy atom. The number of halogens is 2. The molecule has 1 aromatic rings. The second-order valence-electron chi connectivity index (χ2n) is 4.65. The summed E-state index contributed by atoms with van der Waals surface area (Å²) in [6, 6.07) is 5.07. The van der Waals surface area contributed by atoms with E-state index in [2.05, 4.69) is 20.7 Å². The van der Waals surface area contributed by atoms with Crippen LogP contribution in [0.1, 0.15) is 16.8 Å². The number of hydrogen-bond donors (Lipinski definition) is 0. The van der Waals surface area contributed by atoms with Crippen molar-refractivity contribution in [3.8, 4) is 0 Å². The number of carbonyl (C=O) groups is 2. The van der Waals surface area contributed by atoms with Gasteiger partial charge in [-0.15, -0.1) is 0 Å². The van der Waals surface area contributed by atoms with E-state index in [4.69, 9.17) is 16.3 Å². The van der Waals surface area contributed by atoms with Gasteiger partial charge in [0, 0.05) is 23.1 Å². The van der Waals surface area contributed by atoms with E-state index in [0.717, 1.165) is 4.47 Å². The van der Waals surface area contributed by atoms with Crippen LogP contribution in [0.25, 0.3) is 0 Å². The fourth-order valence-electron chi connectivity index (χ4n) is 2.11. The Morgan fingerprint density at radius 2 is 2.29 bits per heavy atom. The Morgan fingerprint density at radius 1 is 1.52 bits per heavy atom. The molecule has 0 bridgehead atoms. The molecule has 1 saturated heterocycles. The van der Waals surface area contributed by atoms with Gasteiger partial charge in [-0.25, -0.2) is 0 Å². The van der Waals surface area contributed by atoms with Gasteiger partial charge in [-0.3, -0.25) is 9.59 Å². The highest BCUT2D eigenvalue weighted by Gasteiger charge is 2.27. The summed E-state index contributed by atoms with van der Waals surface area (Å²) >= 11 is 9.30. The molecular formula is C14H15BrClNO4. The minimum absolute atomic E-state index is 0.123. The van der Waals surface area contributed by atoms with Crippen molar-refractivity contribution in [2.24, 2.45) is 0 Å². The largest absolute Gasteiger partial charge is 0.469 e. The minimum atomic E-state index is -0.346. The highest BCUT2D eigenvalue weighted by Crippen LogP contribution is 2.24. The topological polar surface area (TPSA) is 55.8 Å². The Bertz CT molecular complexity index is 552. The van der Waals surface area contributed by atoms with Crippen molar-refractivity contribution >= 4 is 39.4 Å². The molecule has 1 amide bonds. The summed E-state index contributed by atoms with van der Waals surface area (Å²) in [7, 11) is 1.33. The molecule has 0 aromatic heterocycles. The standard InChI is InChI=1S/C14H15BrClNO4/c1-20-13(18)7-10-8-17(4-5-21-10)14(19)9-2-3-11(15)12(16)6-9/h2-3,6,10H,4-5,7-8H2,1H3. The molecule has 7 heteroatoms. The zero-order valence-corrected chi connectivity index (χ0v) is 13.8. The van der Waals surface area contributed by atoms with Crippen LogP contribution in [0.2, 0.25) is 5.02 Å². The van der Waals surface area contributed by atoms with Crippen molar-refractivity contribution in [3.05, 3.63) is 33.3 Å². The van der Waals surface area contributed by atoms with Crippen LogP contribution in [0.3, 0.4) is 0 Å². The summed E-state index contributed by atoms with van der Waals surface area (Å²) in [4.78, 5) is 25.4. The van der Waals surface area contributed by atoms with E-state index in [-0.39, 0.29) is 24.4 Å². The van der Waals surface area contributed by atoms with Crippen LogP contribution in [0.4, 0.5) is 0 Å². The molecule has 0 N–H and O–H groups in total. The molecule has 114 valence electrons. The number of nitrogens with zero attached hydrogens (tertiary/aromatic N) is 1. The predicted octanol–water partition coefficient (Wildman–Crippen LogP) is 2.51. The van der Waals surface area contributed by atoms with E-state index in [1.54, 1.807) is 23.1 Å². The van der Waals surface area contributed by atoms with Crippen LogP contribution < -0.4 is 0 Å². The van der Waals surface area contributed by atoms with Gasteiger partial charge in [-0.05, 0) is 34.1 Å². The summed E-state index contributed by atoms with van der Waals surface area (Å²) in [5.41, 5.74) is 0.516. The van der Waals surface area contributed by atoms with Gasteiger partial charge in [0.15, 0.2) is 0 Å². The molecular weight excluding hydrogens is 362 g/mol. The summed E-state index contributed by atoms with van der Waals surface area (Å²) < 4.78 is 10.8. The maximum Gasteiger partial charge on any atom is 0.308 e. The molecule has 1 atom stereocenters. The number of carbonyl (C=O) groups excluding carboxylic acids is 2. The number of amides is 1. The Hall–Kier alpha value is -1.11. The molecule has 1 fully saturated rings. The van der Waals surface area contributed by atoms with Crippen molar-refractivity contribution in [1.29, 1.82) is 0 Å². The number of benzene rings is 1. The maximum atomic E-state index is 12.4. The third-order valence-electron chi connectivity index (χ3n) is 3.21. The smallest absolute Gasteiger partial charge is 0.308 e. The summed E-state index contributed by atoms with van der Waals surface area (Å²) in [6.07, 6.45) is -0.192. The molecule has 1 aliphatic heterocycles. The first kappa shape index (κ1) is 16.3. The van der Waals surface area contributed by atoms with Crippen LogP contribution in [-0.4, -0.2) is 49.7 Å². The predicted molar refractivity (Wildman–Crippen MR) is 81.4 cm³/mol. The first-order valence-electron chi connectivity index (χ1n) is 6.44. The second kappa shape index (κ2) is 7.24.